The van der Waals surface area contributed by atoms with Crippen LogP contribution in [-0.4, -0.2) is 33.4 Å². The smallest absolute Gasteiger partial charge is 0.223 e. The summed E-state index contributed by atoms with van der Waals surface area (Å²) in [4.78, 5) is 19.0. The van der Waals surface area contributed by atoms with Crippen LogP contribution in [0.4, 0.5) is 0 Å². The molecule has 1 fully saturated rings. The first kappa shape index (κ1) is 21.9. The quantitative estimate of drug-likeness (QED) is 0.556. The summed E-state index contributed by atoms with van der Waals surface area (Å²) in [6.07, 6.45) is 7.22. The van der Waals surface area contributed by atoms with Crippen molar-refractivity contribution in [2.45, 2.75) is 32.5 Å². The maximum Gasteiger partial charge on any atom is 0.223 e. The van der Waals surface area contributed by atoms with Crippen molar-refractivity contribution < 1.29 is 4.79 Å². The van der Waals surface area contributed by atoms with Gasteiger partial charge in [0, 0.05) is 53.6 Å². The van der Waals surface area contributed by atoms with E-state index in [1.54, 1.807) is 6.20 Å². The third-order valence-corrected chi connectivity index (χ3v) is 6.52. The predicted octanol–water partition coefficient (Wildman–Crippen LogP) is 4.77. The summed E-state index contributed by atoms with van der Waals surface area (Å²) in [6, 6.07) is 13.9. The van der Waals surface area contributed by atoms with Gasteiger partial charge in [-0.05, 0) is 49.2 Å². The number of halogens is 2. The highest BCUT2D eigenvalue weighted by Gasteiger charge is 2.25. The molecule has 1 aliphatic rings. The lowest BCUT2D eigenvalue weighted by atomic mass is 9.95. The number of nitrogens with zero attached hydrogens (tertiary/aromatic N) is 3. The molecule has 0 atom stereocenters. The Labute approximate surface area is 193 Å². The zero-order valence-electron chi connectivity index (χ0n) is 17.3. The maximum atomic E-state index is 12.6. The van der Waals surface area contributed by atoms with Crippen molar-refractivity contribution in [2.24, 2.45) is 5.92 Å². The summed E-state index contributed by atoms with van der Waals surface area (Å²) >= 11 is 12.6. The van der Waals surface area contributed by atoms with E-state index >= 15 is 0 Å². The second-order valence-corrected chi connectivity index (χ2v) is 8.83. The zero-order valence-corrected chi connectivity index (χ0v) is 18.8. The molecular weight excluding hydrogens is 431 g/mol. The number of rotatable bonds is 7. The summed E-state index contributed by atoms with van der Waals surface area (Å²) in [7, 11) is 0. The van der Waals surface area contributed by atoms with Crippen LogP contribution in [0, 0.1) is 5.92 Å². The zero-order chi connectivity index (χ0) is 21.6. The average Bonchev–Trinajstić information content (AvgIpc) is 3.29. The van der Waals surface area contributed by atoms with Gasteiger partial charge in [0.05, 0.1) is 6.33 Å². The van der Waals surface area contributed by atoms with Crippen molar-refractivity contribution in [2.75, 3.05) is 13.1 Å². The Bertz CT molecular complexity index is 977. The maximum absolute atomic E-state index is 12.6. The van der Waals surface area contributed by atoms with Crippen LogP contribution in [0.1, 0.15) is 29.5 Å². The van der Waals surface area contributed by atoms with Crippen LogP contribution >= 0.6 is 23.2 Å². The van der Waals surface area contributed by atoms with Gasteiger partial charge in [0.1, 0.15) is 0 Å². The second kappa shape index (κ2) is 10.3. The molecule has 1 saturated heterocycles. The Morgan fingerprint density at radius 2 is 1.68 bits per heavy atom. The molecule has 1 aliphatic heterocycles. The summed E-state index contributed by atoms with van der Waals surface area (Å²) < 4.78 is 2.03. The molecular formula is C24H26Cl2N4O. The van der Waals surface area contributed by atoms with Crippen LogP contribution in [0.2, 0.25) is 10.0 Å². The molecule has 0 unspecified atom stereocenters. The Kier molecular flexibility index (Phi) is 7.28. The number of aromatic nitrogens is 2. The van der Waals surface area contributed by atoms with Crippen LogP contribution in [0.25, 0.3) is 0 Å². The molecule has 0 aliphatic carbocycles. The lowest BCUT2D eigenvalue weighted by molar-refractivity contribution is -0.126. The van der Waals surface area contributed by atoms with Gasteiger partial charge in [-0.15, -0.1) is 0 Å². The number of benzene rings is 2. The van der Waals surface area contributed by atoms with Crippen LogP contribution < -0.4 is 5.32 Å². The van der Waals surface area contributed by atoms with E-state index in [0.717, 1.165) is 50.1 Å². The standard InChI is InChI=1S/C24H26Cl2N4O/c25-22-2-1-3-23(26)21(22)16-29-11-8-20(9-12-29)24(31)28-14-18-4-6-19(7-5-18)15-30-13-10-27-17-30/h1-7,10,13,17,20H,8-9,11-12,14-16H2,(H,28,31). The van der Waals surface area contributed by atoms with Gasteiger partial charge in [0.2, 0.25) is 5.91 Å². The molecule has 7 heteroatoms. The average molecular weight is 457 g/mol. The second-order valence-electron chi connectivity index (χ2n) is 8.02. The summed E-state index contributed by atoms with van der Waals surface area (Å²) in [5.41, 5.74) is 3.28. The van der Waals surface area contributed by atoms with Gasteiger partial charge >= 0.3 is 0 Å². The van der Waals surface area contributed by atoms with Crippen molar-refractivity contribution in [3.05, 3.63) is 87.9 Å². The van der Waals surface area contributed by atoms with Gasteiger partial charge in [-0.2, -0.15) is 0 Å². The fourth-order valence-corrected chi connectivity index (χ4v) is 4.46. The Morgan fingerprint density at radius 1 is 1.00 bits per heavy atom. The third-order valence-electron chi connectivity index (χ3n) is 5.82. The molecule has 162 valence electrons. The lowest BCUT2D eigenvalue weighted by Crippen LogP contribution is -2.40. The SMILES string of the molecule is O=C(NCc1ccc(Cn2ccnc2)cc1)C1CCN(Cc2c(Cl)cccc2Cl)CC1. The number of amides is 1. The molecule has 1 N–H and O–H groups in total. The summed E-state index contributed by atoms with van der Waals surface area (Å²) in [6.45, 7) is 3.80. The number of carbonyl (C=O) groups excluding carboxylic acids is 1. The van der Waals surface area contributed by atoms with E-state index in [4.69, 9.17) is 23.2 Å². The summed E-state index contributed by atoms with van der Waals surface area (Å²) in [5.74, 6) is 0.191. The highest BCUT2D eigenvalue weighted by molar-refractivity contribution is 6.35. The Morgan fingerprint density at radius 3 is 2.32 bits per heavy atom. The monoisotopic (exact) mass is 456 g/mol. The number of piperidine rings is 1. The van der Waals surface area contributed by atoms with Crippen LogP contribution in [-0.2, 0) is 24.4 Å². The fourth-order valence-electron chi connectivity index (χ4n) is 3.95. The predicted molar refractivity (Wildman–Crippen MR) is 124 cm³/mol. The number of carbonyl (C=O) groups is 1. The minimum Gasteiger partial charge on any atom is -0.352 e. The van der Waals surface area contributed by atoms with E-state index in [0.29, 0.717) is 16.6 Å². The highest BCUT2D eigenvalue weighted by atomic mass is 35.5. The molecule has 4 rings (SSSR count). The van der Waals surface area contributed by atoms with Gasteiger partial charge < -0.3 is 9.88 Å². The summed E-state index contributed by atoms with van der Waals surface area (Å²) in [5, 5.41) is 4.50. The number of imidazole rings is 1. The van der Waals surface area contributed by atoms with Crippen molar-refractivity contribution in [3.8, 4) is 0 Å². The Hall–Kier alpha value is -2.34. The molecule has 2 heterocycles. The largest absolute Gasteiger partial charge is 0.352 e. The van der Waals surface area contributed by atoms with Crippen molar-refractivity contribution >= 4 is 29.1 Å². The molecule has 0 radical (unpaired) electrons. The molecule has 0 spiro atoms. The van der Waals surface area contributed by atoms with Crippen LogP contribution in [0.15, 0.2) is 61.2 Å². The van der Waals surface area contributed by atoms with E-state index in [1.165, 1.54) is 5.56 Å². The lowest BCUT2D eigenvalue weighted by Gasteiger charge is -2.31. The van der Waals surface area contributed by atoms with E-state index in [9.17, 15) is 4.79 Å². The highest BCUT2D eigenvalue weighted by Crippen LogP contribution is 2.27. The van der Waals surface area contributed by atoms with Gasteiger partial charge in [-0.3, -0.25) is 9.69 Å². The molecule has 3 aromatic rings. The molecule has 31 heavy (non-hydrogen) atoms. The number of likely N-dealkylation sites (tertiary alicyclic amines) is 1. The first-order valence-corrected chi connectivity index (χ1v) is 11.3. The number of nitrogens with one attached hydrogen (secondary N) is 1. The number of hydrogen-bond acceptors (Lipinski definition) is 3. The van der Waals surface area contributed by atoms with Crippen molar-refractivity contribution in [1.82, 2.24) is 19.8 Å². The van der Waals surface area contributed by atoms with E-state index in [-0.39, 0.29) is 11.8 Å². The molecule has 0 saturated carbocycles. The van der Waals surface area contributed by atoms with Gasteiger partial charge in [0.15, 0.2) is 0 Å². The van der Waals surface area contributed by atoms with Crippen molar-refractivity contribution in [3.63, 3.8) is 0 Å². The molecule has 1 amide bonds. The first-order valence-electron chi connectivity index (χ1n) is 10.5. The molecule has 2 aromatic carbocycles. The topological polar surface area (TPSA) is 50.2 Å². The van der Waals surface area contributed by atoms with Gasteiger partial charge in [-0.25, -0.2) is 4.98 Å². The normalized spacial score (nSPS) is 15.2. The van der Waals surface area contributed by atoms with E-state index in [1.807, 2.05) is 35.3 Å². The van der Waals surface area contributed by atoms with Gasteiger partial charge in [-0.1, -0.05) is 53.5 Å². The van der Waals surface area contributed by atoms with Crippen molar-refractivity contribution in [1.29, 1.82) is 0 Å². The fraction of sp³-hybridized carbons (Fsp3) is 0.333. The van der Waals surface area contributed by atoms with Gasteiger partial charge in [0.25, 0.3) is 0 Å². The van der Waals surface area contributed by atoms with Crippen LogP contribution in [0.3, 0.4) is 0 Å². The number of hydrogen-bond donors (Lipinski definition) is 1. The van der Waals surface area contributed by atoms with E-state index in [2.05, 4.69) is 39.5 Å². The molecule has 1 aromatic heterocycles. The first-order chi connectivity index (χ1) is 15.1. The van der Waals surface area contributed by atoms with E-state index < -0.39 is 0 Å². The molecule has 5 nitrogen and oxygen atoms in total. The molecule has 0 bridgehead atoms. The third kappa shape index (κ3) is 5.88. The minimum atomic E-state index is 0.0541. The minimum absolute atomic E-state index is 0.0541. The Balaban J connectivity index is 1.22. The van der Waals surface area contributed by atoms with Crippen LogP contribution in [0.5, 0.6) is 0 Å².